The van der Waals surface area contributed by atoms with Gasteiger partial charge in [-0.2, -0.15) is 13.2 Å². The zero-order chi connectivity index (χ0) is 20.7. The van der Waals surface area contributed by atoms with Gasteiger partial charge in [0.2, 0.25) is 11.8 Å². The Kier molecular flexibility index (Phi) is 7.20. The van der Waals surface area contributed by atoms with Crippen molar-refractivity contribution in [1.82, 2.24) is 10.6 Å². The molecule has 0 aliphatic heterocycles. The summed E-state index contributed by atoms with van der Waals surface area (Å²) in [5, 5.41) is 5.41. The van der Waals surface area contributed by atoms with Crippen LogP contribution in [0.1, 0.15) is 43.0 Å². The number of amides is 2. The minimum Gasteiger partial charge on any atom is -0.350 e. The van der Waals surface area contributed by atoms with E-state index in [4.69, 9.17) is 0 Å². The van der Waals surface area contributed by atoms with E-state index in [-0.39, 0.29) is 24.8 Å². The van der Waals surface area contributed by atoms with Crippen LogP contribution in [0.25, 0.3) is 0 Å². The maximum absolute atomic E-state index is 12.7. The quantitative estimate of drug-likeness (QED) is 0.741. The lowest BCUT2D eigenvalue weighted by Gasteiger charge is -2.19. The van der Waals surface area contributed by atoms with Crippen LogP contribution in [-0.2, 0) is 22.3 Å². The fourth-order valence-electron chi connectivity index (χ4n) is 2.64. The molecule has 2 aromatic rings. The number of nitrogens with one attached hydrogen (secondary N) is 2. The molecular weight excluding hydrogens is 369 g/mol. The van der Waals surface area contributed by atoms with Crippen LogP contribution >= 0.6 is 0 Å². The standard InChI is InChI=1S/C21H23F3N2O2/c1-14(2)12-18(27)26-19(16-6-4-3-5-7-16)20(28)25-13-15-8-10-17(11-9-15)21(22,23)24/h3-11,14,19H,12-13H2,1-2H3,(H,25,28)(H,26,27). The van der Waals surface area contributed by atoms with Crippen LogP contribution in [-0.4, -0.2) is 11.8 Å². The summed E-state index contributed by atoms with van der Waals surface area (Å²) in [6, 6.07) is 12.5. The molecule has 1 atom stereocenters. The molecule has 2 aromatic carbocycles. The molecule has 0 aliphatic carbocycles. The zero-order valence-electron chi connectivity index (χ0n) is 15.7. The van der Waals surface area contributed by atoms with Crippen molar-refractivity contribution in [3.8, 4) is 0 Å². The molecule has 1 unspecified atom stereocenters. The first kappa shape index (κ1) is 21.5. The van der Waals surface area contributed by atoms with E-state index in [1.54, 1.807) is 30.3 Å². The van der Waals surface area contributed by atoms with Crippen LogP contribution in [0.3, 0.4) is 0 Å². The van der Waals surface area contributed by atoms with Gasteiger partial charge in [0.05, 0.1) is 5.56 Å². The summed E-state index contributed by atoms with van der Waals surface area (Å²) in [6.45, 7) is 3.87. The SMILES string of the molecule is CC(C)CC(=O)NC(C(=O)NCc1ccc(C(F)(F)F)cc1)c1ccccc1. The minimum absolute atomic E-state index is 0.0559. The molecule has 0 radical (unpaired) electrons. The van der Waals surface area contributed by atoms with E-state index in [1.165, 1.54) is 12.1 Å². The number of benzene rings is 2. The molecule has 28 heavy (non-hydrogen) atoms. The number of alkyl halides is 3. The van der Waals surface area contributed by atoms with Gasteiger partial charge in [-0.05, 0) is 29.2 Å². The number of hydrogen-bond donors (Lipinski definition) is 2. The third kappa shape index (κ3) is 6.40. The van der Waals surface area contributed by atoms with Gasteiger partial charge in [-0.1, -0.05) is 56.3 Å². The van der Waals surface area contributed by atoms with Gasteiger partial charge in [-0.15, -0.1) is 0 Å². The van der Waals surface area contributed by atoms with Crippen molar-refractivity contribution in [2.45, 2.75) is 39.0 Å². The van der Waals surface area contributed by atoms with Crippen LogP contribution in [0.5, 0.6) is 0 Å². The van der Waals surface area contributed by atoms with E-state index in [0.29, 0.717) is 11.1 Å². The zero-order valence-corrected chi connectivity index (χ0v) is 15.7. The van der Waals surface area contributed by atoms with E-state index in [2.05, 4.69) is 10.6 Å². The van der Waals surface area contributed by atoms with Gasteiger partial charge in [0.15, 0.2) is 0 Å². The van der Waals surface area contributed by atoms with Gasteiger partial charge >= 0.3 is 6.18 Å². The predicted molar refractivity (Wildman–Crippen MR) is 100 cm³/mol. The fourth-order valence-corrected chi connectivity index (χ4v) is 2.64. The minimum atomic E-state index is -4.40. The van der Waals surface area contributed by atoms with Crippen LogP contribution in [0.4, 0.5) is 13.2 Å². The van der Waals surface area contributed by atoms with Gasteiger partial charge < -0.3 is 10.6 Å². The number of rotatable bonds is 7. The van der Waals surface area contributed by atoms with Gasteiger partial charge in [-0.25, -0.2) is 0 Å². The average Bonchev–Trinajstić information content (AvgIpc) is 2.64. The number of hydrogen-bond acceptors (Lipinski definition) is 2. The Morgan fingerprint density at radius 3 is 2.11 bits per heavy atom. The van der Waals surface area contributed by atoms with Crippen molar-refractivity contribution in [1.29, 1.82) is 0 Å². The summed E-state index contributed by atoms with van der Waals surface area (Å²) < 4.78 is 37.9. The van der Waals surface area contributed by atoms with Crippen molar-refractivity contribution in [2.75, 3.05) is 0 Å². The lowest BCUT2D eigenvalue weighted by Crippen LogP contribution is -2.40. The van der Waals surface area contributed by atoms with Crippen molar-refractivity contribution < 1.29 is 22.8 Å². The summed E-state index contributed by atoms with van der Waals surface area (Å²) in [5.41, 5.74) is 0.414. The highest BCUT2D eigenvalue weighted by atomic mass is 19.4. The van der Waals surface area contributed by atoms with Crippen molar-refractivity contribution in [3.63, 3.8) is 0 Å². The highest BCUT2D eigenvalue weighted by Gasteiger charge is 2.30. The summed E-state index contributed by atoms with van der Waals surface area (Å²) >= 11 is 0. The van der Waals surface area contributed by atoms with Gasteiger partial charge in [0.25, 0.3) is 0 Å². The molecule has 0 aliphatic rings. The maximum atomic E-state index is 12.7. The Balaban J connectivity index is 2.06. The molecule has 0 spiro atoms. The lowest BCUT2D eigenvalue weighted by atomic mass is 10.0. The third-order valence-corrected chi connectivity index (χ3v) is 4.04. The molecule has 2 amide bonds. The molecule has 7 heteroatoms. The second kappa shape index (κ2) is 9.39. The van der Waals surface area contributed by atoms with Crippen molar-refractivity contribution in [2.24, 2.45) is 5.92 Å². The lowest BCUT2D eigenvalue weighted by molar-refractivity contribution is -0.137. The Labute approximate surface area is 162 Å². The second-order valence-corrected chi connectivity index (χ2v) is 6.92. The number of halogens is 3. The Morgan fingerprint density at radius 1 is 0.964 bits per heavy atom. The fraction of sp³-hybridized carbons (Fsp3) is 0.333. The summed E-state index contributed by atoms with van der Waals surface area (Å²) in [6.07, 6.45) is -4.11. The first-order valence-corrected chi connectivity index (χ1v) is 8.95. The molecule has 0 aromatic heterocycles. The highest BCUT2D eigenvalue weighted by molar-refractivity contribution is 5.88. The first-order chi connectivity index (χ1) is 13.2. The van der Waals surface area contributed by atoms with E-state index in [9.17, 15) is 22.8 Å². The number of carbonyl (C=O) groups excluding carboxylic acids is 2. The monoisotopic (exact) mass is 392 g/mol. The third-order valence-electron chi connectivity index (χ3n) is 4.04. The van der Waals surface area contributed by atoms with Gasteiger partial charge in [-0.3, -0.25) is 9.59 Å². The molecule has 150 valence electrons. The highest BCUT2D eigenvalue weighted by Crippen LogP contribution is 2.29. The Bertz CT molecular complexity index is 788. The van der Waals surface area contributed by atoms with Crippen molar-refractivity contribution in [3.05, 3.63) is 71.3 Å². The molecule has 0 saturated heterocycles. The average molecular weight is 392 g/mol. The smallest absolute Gasteiger partial charge is 0.350 e. The van der Waals surface area contributed by atoms with E-state index < -0.39 is 23.7 Å². The second-order valence-electron chi connectivity index (χ2n) is 6.92. The summed E-state index contributed by atoms with van der Waals surface area (Å²) in [4.78, 5) is 24.8. The number of carbonyl (C=O) groups is 2. The first-order valence-electron chi connectivity index (χ1n) is 8.95. The Morgan fingerprint density at radius 2 is 1.57 bits per heavy atom. The topological polar surface area (TPSA) is 58.2 Å². The summed E-state index contributed by atoms with van der Waals surface area (Å²) in [5.74, 6) is -0.525. The molecule has 2 N–H and O–H groups in total. The largest absolute Gasteiger partial charge is 0.416 e. The maximum Gasteiger partial charge on any atom is 0.416 e. The van der Waals surface area contributed by atoms with Crippen molar-refractivity contribution >= 4 is 11.8 Å². The molecular formula is C21H23F3N2O2. The van der Waals surface area contributed by atoms with Crippen LogP contribution < -0.4 is 10.6 Å². The molecule has 0 fully saturated rings. The molecule has 0 saturated carbocycles. The van der Waals surface area contributed by atoms with Crippen LogP contribution in [0, 0.1) is 5.92 Å². The molecule has 2 rings (SSSR count). The molecule has 0 bridgehead atoms. The van der Waals surface area contributed by atoms with Gasteiger partial charge in [0.1, 0.15) is 6.04 Å². The van der Waals surface area contributed by atoms with Gasteiger partial charge in [0, 0.05) is 13.0 Å². The van der Waals surface area contributed by atoms with E-state index >= 15 is 0 Å². The van der Waals surface area contributed by atoms with E-state index in [1.807, 2.05) is 13.8 Å². The summed E-state index contributed by atoms with van der Waals surface area (Å²) in [7, 11) is 0. The molecule has 4 nitrogen and oxygen atoms in total. The predicted octanol–water partition coefficient (Wildman–Crippen LogP) is 4.23. The normalized spacial score (nSPS) is 12.5. The Hall–Kier alpha value is -2.83. The van der Waals surface area contributed by atoms with E-state index in [0.717, 1.165) is 12.1 Å². The van der Waals surface area contributed by atoms with Crippen LogP contribution in [0.2, 0.25) is 0 Å². The molecule has 0 heterocycles. The van der Waals surface area contributed by atoms with Crippen LogP contribution in [0.15, 0.2) is 54.6 Å².